The highest BCUT2D eigenvalue weighted by atomic mass is 16.5. The Morgan fingerprint density at radius 2 is 1.65 bits per heavy atom. The van der Waals surface area contributed by atoms with Crippen molar-refractivity contribution < 1.29 is 13.9 Å². The van der Waals surface area contributed by atoms with Crippen LogP contribution in [0.4, 0.5) is 0 Å². The average molecular weight is 304 g/mol. The van der Waals surface area contributed by atoms with Crippen LogP contribution in [0.25, 0.3) is 32.7 Å². The van der Waals surface area contributed by atoms with Gasteiger partial charge in [-0.15, -0.1) is 0 Å². The Morgan fingerprint density at radius 3 is 2.43 bits per heavy atom. The Balaban J connectivity index is 2.28. The first kappa shape index (κ1) is 13.5. The molecule has 0 fully saturated rings. The van der Waals surface area contributed by atoms with Crippen LogP contribution in [0.2, 0.25) is 0 Å². The molecule has 4 aromatic rings. The van der Waals surface area contributed by atoms with E-state index >= 15 is 0 Å². The lowest BCUT2D eigenvalue weighted by Gasteiger charge is -2.10. The van der Waals surface area contributed by atoms with E-state index in [0.717, 1.165) is 5.39 Å². The van der Waals surface area contributed by atoms with E-state index in [1.165, 1.54) is 6.92 Å². The number of esters is 1. The Labute approximate surface area is 130 Å². The largest absolute Gasteiger partial charge is 0.456 e. The maximum atomic E-state index is 12.9. The van der Waals surface area contributed by atoms with Gasteiger partial charge in [-0.1, -0.05) is 36.4 Å². The van der Waals surface area contributed by atoms with Crippen LogP contribution in [-0.4, -0.2) is 5.97 Å². The van der Waals surface area contributed by atoms with Gasteiger partial charge in [0, 0.05) is 12.3 Å². The summed E-state index contributed by atoms with van der Waals surface area (Å²) >= 11 is 0. The molecule has 0 aliphatic rings. The van der Waals surface area contributed by atoms with Gasteiger partial charge in [-0.05, 0) is 23.6 Å². The molecule has 0 radical (unpaired) electrons. The molecule has 3 aromatic carbocycles. The summed E-state index contributed by atoms with van der Waals surface area (Å²) in [7, 11) is 0. The molecule has 0 amide bonds. The molecule has 0 aliphatic carbocycles. The normalized spacial score (nSPS) is 11.2. The van der Waals surface area contributed by atoms with E-state index in [1.807, 2.05) is 30.3 Å². The van der Waals surface area contributed by atoms with E-state index in [0.29, 0.717) is 21.9 Å². The summed E-state index contributed by atoms with van der Waals surface area (Å²) in [5.41, 5.74) is 0.710. The third-order valence-electron chi connectivity index (χ3n) is 3.79. The molecule has 0 saturated heterocycles. The van der Waals surface area contributed by atoms with Gasteiger partial charge in [0.2, 0.25) is 5.43 Å². The standard InChI is InChI=1S/C19H12O4/c1-11(20)22-19-13-7-3-2-6-12(13)10-16-17(19)18(21)14-8-4-5-9-15(14)23-16/h2-10H,1H3. The maximum absolute atomic E-state index is 12.9. The van der Waals surface area contributed by atoms with E-state index < -0.39 is 5.97 Å². The quantitative estimate of drug-likeness (QED) is 0.303. The minimum absolute atomic E-state index is 0.205. The van der Waals surface area contributed by atoms with Gasteiger partial charge in [-0.2, -0.15) is 0 Å². The number of para-hydroxylation sites is 1. The molecule has 0 bridgehead atoms. The minimum Gasteiger partial charge on any atom is -0.456 e. The van der Waals surface area contributed by atoms with Crippen LogP contribution < -0.4 is 10.2 Å². The number of carbonyl (C=O) groups is 1. The molecule has 0 atom stereocenters. The predicted octanol–water partition coefficient (Wildman–Crippen LogP) is 4.02. The van der Waals surface area contributed by atoms with Crippen molar-refractivity contribution in [3.05, 3.63) is 64.8 Å². The van der Waals surface area contributed by atoms with E-state index in [4.69, 9.17) is 9.15 Å². The monoisotopic (exact) mass is 304 g/mol. The third-order valence-corrected chi connectivity index (χ3v) is 3.79. The van der Waals surface area contributed by atoms with Gasteiger partial charge in [-0.3, -0.25) is 9.59 Å². The topological polar surface area (TPSA) is 56.5 Å². The van der Waals surface area contributed by atoms with Gasteiger partial charge >= 0.3 is 5.97 Å². The molecular weight excluding hydrogens is 292 g/mol. The first-order valence-corrected chi connectivity index (χ1v) is 7.21. The van der Waals surface area contributed by atoms with Crippen LogP contribution in [0, 0.1) is 0 Å². The molecule has 23 heavy (non-hydrogen) atoms. The Morgan fingerprint density at radius 1 is 0.957 bits per heavy atom. The zero-order chi connectivity index (χ0) is 16.0. The van der Waals surface area contributed by atoms with Crippen LogP contribution in [0.15, 0.2) is 63.8 Å². The highest BCUT2D eigenvalue weighted by Crippen LogP contribution is 2.34. The van der Waals surface area contributed by atoms with Gasteiger partial charge in [0.15, 0.2) is 5.75 Å². The van der Waals surface area contributed by atoms with Crippen molar-refractivity contribution >= 4 is 38.7 Å². The smallest absolute Gasteiger partial charge is 0.308 e. The molecule has 4 heteroatoms. The second-order valence-corrected chi connectivity index (χ2v) is 5.32. The molecule has 0 spiro atoms. The molecular formula is C19H12O4. The first-order chi connectivity index (χ1) is 11.1. The van der Waals surface area contributed by atoms with Crippen LogP contribution in [-0.2, 0) is 4.79 Å². The van der Waals surface area contributed by atoms with Crippen LogP contribution in [0.1, 0.15) is 6.92 Å². The van der Waals surface area contributed by atoms with Gasteiger partial charge in [0.1, 0.15) is 16.6 Å². The van der Waals surface area contributed by atoms with E-state index in [2.05, 4.69) is 0 Å². The number of benzene rings is 3. The van der Waals surface area contributed by atoms with Crippen molar-refractivity contribution in [3.8, 4) is 5.75 Å². The molecule has 1 aromatic heterocycles. The Bertz CT molecular complexity index is 1130. The Kier molecular flexibility index (Phi) is 2.91. The molecule has 0 N–H and O–H groups in total. The summed E-state index contributed by atoms with van der Waals surface area (Å²) in [6.07, 6.45) is 0. The number of hydrogen-bond acceptors (Lipinski definition) is 4. The average Bonchev–Trinajstić information content (AvgIpc) is 2.54. The summed E-state index contributed by atoms with van der Waals surface area (Å²) < 4.78 is 11.2. The highest BCUT2D eigenvalue weighted by molar-refractivity contribution is 6.06. The molecule has 0 unspecified atom stereocenters. The van der Waals surface area contributed by atoms with Crippen molar-refractivity contribution in [1.82, 2.24) is 0 Å². The second kappa shape index (κ2) is 4.95. The van der Waals surface area contributed by atoms with Crippen molar-refractivity contribution in [2.75, 3.05) is 0 Å². The lowest BCUT2D eigenvalue weighted by atomic mass is 10.0. The second-order valence-electron chi connectivity index (χ2n) is 5.32. The fraction of sp³-hybridized carbons (Fsp3) is 0.0526. The van der Waals surface area contributed by atoms with E-state index in [1.54, 1.807) is 24.3 Å². The van der Waals surface area contributed by atoms with Crippen molar-refractivity contribution in [1.29, 1.82) is 0 Å². The summed E-state index contributed by atoms with van der Waals surface area (Å²) in [6.45, 7) is 1.32. The van der Waals surface area contributed by atoms with Crippen molar-refractivity contribution in [2.24, 2.45) is 0 Å². The van der Waals surface area contributed by atoms with E-state index in [-0.39, 0.29) is 16.6 Å². The maximum Gasteiger partial charge on any atom is 0.308 e. The van der Waals surface area contributed by atoms with Gasteiger partial charge < -0.3 is 9.15 Å². The lowest BCUT2D eigenvalue weighted by Crippen LogP contribution is -2.08. The molecule has 0 saturated carbocycles. The zero-order valence-corrected chi connectivity index (χ0v) is 12.3. The van der Waals surface area contributed by atoms with Gasteiger partial charge in [-0.25, -0.2) is 0 Å². The number of rotatable bonds is 1. The molecule has 0 aliphatic heterocycles. The van der Waals surface area contributed by atoms with Crippen molar-refractivity contribution in [2.45, 2.75) is 6.92 Å². The number of ether oxygens (including phenoxy) is 1. The lowest BCUT2D eigenvalue weighted by molar-refractivity contribution is -0.131. The number of fused-ring (bicyclic) bond motifs is 3. The molecule has 4 rings (SSSR count). The summed E-state index contributed by atoms with van der Waals surface area (Å²) in [5, 5.41) is 2.30. The number of hydrogen-bond donors (Lipinski definition) is 0. The van der Waals surface area contributed by atoms with Crippen molar-refractivity contribution in [3.63, 3.8) is 0 Å². The van der Waals surface area contributed by atoms with Gasteiger partial charge in [0.05, 0.1) is 5.39 Å². The van der Waals surface area contributed by atoms with Gasteiger partial charge in [0.25, 0.3) is 0 Å². The molecule has 4 nitrogen and oxygen atoms in total. The Hall–Kier alpha value is -3.14. The first-order valence-electron chi connectivity index (χ1n) is 7.21. The van der Waals surface area contributed by atoms with Crippen LogP contribution in [0.5, 0.6) is 5.75 Å². The van der Waals surface area contributed by atoms with E-state index in [9.17, 15) is 9.59 Å². The summed E-state index contributed by atoms with van der Waals surface area (Å²) in [5.74, 6) is -0.222. The van der Waals surface area contributed by atoms with Crippen LogP contribution in [0.3, 0.4) is 0 Å². The minimum atomic E-state index is -0.477. The SMILES string of the molecule is CC(=O)Oc1c2ccccc2cc2oc3ccccc3c(=O)c12. The summed E-state index contributed by atoms with van der Waals surface area (Å²) in [4.78, 5) is 24.4. The zero-order valence-electron chi connectivity index (χ0n) is 12.3. The fourth-order valence-corrected chi connectivity index (χ4v) is 2.83. The fourth-order valence-electron chi connectivity index (χ4n) is 2.83. The highest BCUT2D eigenvalue weighted by Gasteiger charge is 2.17. The third kappa shape index (κ3) is 2.07. The predicted molar refractivity (Wildman–Crippen MR) is 88.8 cm³/mol. The number of carbonyl (C=O) groups excluding carboxylic acids is 1. The molecule has 1 heterocycles. The molecule has 112 valence electrons. The van der Waals surface area contributed by atoms with Crippen LogP contribution >= 0.6 is 0 Å². The summed E-state index contributed by atoms with van der Waals surface area (Å²) in [6, 6.07) is 16.3.